The summed E-state index contributed by atoms with van der Waals surface area (Å²) in [6.45, 7) is 1.07. The largest absolute Gasteiger partial charge is 0.363 e. The topological polar surface area (TPSA) is 28.2 Å². The van der Waals surface area contributed by atoms with Gasteiger partial charge in [-0.1, -0.05) is 0 Å². The third kappa shape index (κ3) is 1.74. The Labute approximate surface area is 104 Å². The second kappa shape index (κ2) is 4.00. The molecule has 0 amide bonds. The Hall–Kier alpha value is -0.610. The minimum atomic E-state index is 0.643. The van der Waals surface area contributed by atoms with Crippen LogP contribution in [0.4, 0.5) is 5.69 Å². The average molecular weight is 282 g/mol. The molecule has 86 valence electrons. The van der Waals surface area contributed by atoms with Gasteiger partial charge in [-0.15, -0.1) is 0 Å². The lowest BCUT2D eigenvalue weighted by molar-refractivity contribution is 0.564. The van der Waals surface area contributed by atoms with E-state index in [1.54, 1.807) is 0 Å². The van der Waals surface area contributed by atoms with E-state index in [-0.39, 0.29) is 0 Å². The van der Waals surface area contributed by atoms with Gasteiger partial charge in [0.25, 0.3) is 0 Å². The molecule has 2 heterocycles. The highest BCUT2D eigenvalue weighted by molar-refractivity contribution is 9.10. The molecule has 0 spiro atoms. The summed E-state index contributed by atoms with van der Waals surface area (Å²) in [5.41, 5.74) is 1.26. The molecule has 1 aliphatic heterocycles. The predicted molar refractivity (Wildman–Crippen MR) is 68.6 cm³/mol. The number of fused-ring (bicyclic) bond motifs is 1. The van der Waals surface area contributed by atoms with E-state index in [1.165, 1.54) is 18.5 Å². The van der Waals surface area contributed by atoms with Gasteiger partial charge in [-0.05, 0) is 47.8 Å². The van der Waals surface area contributed by atoms with Gasteiger partial charge in [0.1, 0.15) is 0 Å². The highest BCUT2D eigenvalue weighted by atomic mass is 79.9. The summed E-state index contributed by atoms with van der Waals surface area (Å²) in [6.07, 6.45) is 6.52. The normalized spacial score (nSPS) is 31.6. The highest BCUT2D eigenvalue weighted by Gasteiger charge is 2.51. The third-order valence-corrected chi connectivity index (χ3v) is 4.07. The molecule has 1 N–H and O–H groups in total. The smallest absolute Gasteiger partial charge is 0.0569 e. The van der Waals surface area contributed by atoms with Crippen molar-refractivity contribution < 1.29 is 0 Å². The monoisotopic (exact) mass is 281 g/mol. The minimum Gasteiger partial charge on any atom is -0.363 e. The molecule has 3 nitrogen and oxygen atoms in total. The summed E-state index contributed by atoms with van der Waals surface area (Å²) in [7, 11) is 2.03. The van der Waals surface area contributed by atoms with Crippen molar-refractivity contribution in [2.45, 2.75) is 24.9 Å². The fourth-order valence-corrected chi connectivity index (χ4v) is 3.27. The summed E-state index contributed by atoms with van der Waals surface area (Å²) in [5.74, 6) is 0.928. The number of rotatable bonds is 3. The third-order valence-electron chi connectivity index (χ3n) is 3.64. The number of hydrogen-bond acceptors (Lipinski definition) is 3. The molecule has 0 radical (unpaired) electrons. The van der Waals surface area contributed by atoms with Crippen LogP contribution in [-0.4, -0.2) is 30.7 Å². The molecule has 3 atom stereocenters. The SMILES string of the molecule is CNCC1CC2CC2N1c1cncc(Br)c1. The van der Waals surface area contributed by atoms with E-state index in [0.29, 0.717) is 6.04 Å². The number of nitrogens with one attached hydrogen (secondary N) is 1. The minimum absolute atomic E-state index is 0.643. The van der Waals surface area contributed by atoms with E-state index in [1.807, 2.05) is 19.4 Å². The maximum absolute atomic E-state index is 4.27. The molecular weight excluding hydrogens is 266 g/mol. The molecule has 1 aromatic rings. The molecular formula is C12H16BrN3. The van der Waals surface area contributed by atoms with Crippen molar-refractivity contribution in [2.75, 3.05) is 18.5 Å². The van der Waals surface area contributed by atoms with Crippen LogP contribution in [0.15, 0.2) is 22.9 Å². The van der Waals surface area contributed by atoms with Crippen LogP contribution in [0, 0.1) is 5.92 Å². The fraction of sp³-hybridized carbons (Fsp3) is 0.583. The van der Waals surface area contributed by atoms with Gasteiger partial charge in [0, 0.05) is 29.3 Å². The lowest BCUT2D eigenvalue weighted by Crippen LogP contribution is -2.39. The van der Waals surface area contributed by atoms with Crippen molar-refractivity contribution in [3.63, 3.8) is 0 Å². The van der Waals surface area contributed by atoms with Crippen molar-refractivity contribution in [3.8, 4) is 0 Å². The fourth-order valence-electron chi connectivity index (χ4n) is 2.92. The van der Waals surface area contributed by atoms with Crippen molar-refractivity contribution in [1.29, 1.82) is 0 Å². The molecule has 1 aliphatic carbocycles. The second-order valence-electron chi connectivity index (χ2n) is 4.78. The maximum atomic E-state index is 4.27. The molecule has 1 aromatic heterocycles. The van der Waals surface area contributed by atoms with E-state index < -0.39 is 0 Å². The van der Waals surface area contributed by atoms with E-state index in [9.17, 15) is 0 Å². The molecule has 0 aromatic carbocycles. The number of anilines is 1. The summed E-state index contributed by atoms with van der Waals surface area (Å²) in [6, 6.07) is 3.59. The molecule has 1 saturated heterocycles. The molecule has 16 heavy (non-hydrogen) atoms. The van der Waals surface area contributed by atoms with Crippen molar-refractivity contribution in [3.05, 3.63) is 22.9 Å². The van der Waals surface area contributed by atoms with Crippen LogP contribution in [-0.2, 0) is 0 Å². The van der Waals surface area contributed by atoms with Gasteiger partial charge in [0.05, 0.1) is 11.9 Å². The first-order valence-electron chi connectivity index (χ1n) is 5.83. The number of hydrogen-bond donors (Lipinski definition) is 1. The van der Waals surface area contributed by atoms with Crippen LogP contribution in [0.25, 0.3) is 0 Å². The van der Waals surface area contributed by atoms with Crippen molar-refractivity contribution >= 4 is 21.6 Å². The molecule has 4 heteroatoms. The van der Waals surface area contributed by atoms with Crippen molar-refractivity contribution in [1.82, 2.24) is 10.3 Å². The molecule has 0 bridgehead atoms. The number of piperidine rings is 1. The molecule has 2 fully saturated rings. The number of halogens is 1. The lowest BCUT2D eigenvalue weighted by atomic mass is 10.1. The second-order valence-corrected chi connectivity index (χ2v) is 5.69. The number of likely N-dealkylation sites (N-methyl/N-ethyl adjacent to an activating group) is 1. The number of pyridine rings is 1. The van der Waals surface area contributed by atoms with Gasteiger partial charge < -0.3 is 10.2 Å². The zero-order chi connectivity index (χ0) is 11.1. The van der Waals surface area contributed by atoms with Crippen LogP contribution in [0.5, 0.6) is 0 Å². The first-order chi connectivity index (χ1) is 7.79. The molecule has 1 saturated carbocycles. The van der Waals surface area contributed by atoms with Gasteiger partial charge in [-0.25, -0.2) is 0 Å². The molecule has 3 rings (SSSR count). The van der Waals surface area contributed by atoms with Gasteiger partial charge in [-0.2, -0.15) is 0 Å². The standard InChI is InChI=1S/C12H16BrN3/c1-14-6-10-2-8-3-12(8)16(10)11-4-9(13)5-15-7-11/h4-5,7-8,10,12,14H,2-3,6H2,1H3. The van der Waals surface area contributed by atoms with E-state index in [2.05, 4.69) is 37.2 Å². The highest BCUT2D eigenvalue weighted by Crippen LogP contribution is 2.49. The van der Waals surface area contributed by atoms with E-state index in [4.69, 9.17) is 0 Å². The van der Waals surface area contributed by atoms with Gasteiger partial charge in [0.2, 0.25) is 0 Å². The predicted octanol–water partition coefficient (Wildman–Crippen LogP) is 2.03. The Morgan fingerprint density at radius 2 is 2.38 bits per heavy atom. The Morgan fingerprint density at radius 1 is 1.50 bits per heavy atom. The van der Waals surface area contributed by atoms with Crippen molar-refractivity contribution in [2.24, 2.45) is 5.92 Å². The summed E-state index contributed by atoms with van der Waals surface area (Å²) < 4.78 is 1.07. The first kappa shape index (κ1) is 10.5. The summed E-state index contributed by atoms with van der Waals surface area (Å²) in [4.78, 5) is 6.82. The Morgan fingerprint density at radius 3 is 3.12 bits per heavy atom. The Kier molecular flexibility index (Phi) is 2.64. The number of nitrogens with zero attached hydrogens (tertiary/aromatic N) is 2. The van der Waals surface area contributed by atoms with Crippen LogP contribution < -0.4 is 10.2 Å². The summed E-state index contributed by atoms with van der Waals surface area (Å²) >= 11 is 3.50. The first-order valence-corrected chi connectivity index (χ1v) is 6.62. The lowest BCUT2D eigenvalue weighted by Gasteiger charge is -2.29. The van der Waals surface area contributed by atoms with E-state index in [0.717, 1.165) is 23.0 Å². The Balaban J connectivity index is 1.86. The van der Waals surface area contributed by atoms with E-state index >= 15 is 0 Å². The summed E-state index contributed by atoms with van der Waals surface area (Å²) in [5, 5.41) is 3.29. The van der Waals surface area contributed by atoms with Crippen LogP contribution >= 0.6 is 15.9 Å². The van der Waals surface area contributed by atoms with Gasteiger partial charge in [0.15, 0.2) is 0 Å². The zero-order valence-corrected chi connectivity index (χ0v) is 10.9. The molecule has 3 unspecified atom stereocenters. The number of aromatic nitrogens is 1. The quantitative estimate of drug-likeness (QED) is 0.919. The Bertz CT molecular complexity index is 396. The average Bonchev–Trinajstić information content (AvgIpc) is 2.91. The van der Waals surface area contributed by atoms with Gasteiger partial charge in [-0.3, -0.25) is 4.98 Å². The maximum Gasteiger partial charge on any atom is 0.0569 e. The van der Waals surface area contributed by atoms with Crippen LogP contribution in [0.2, 0.25) is 0 Å². The zero-order valence-electron chi connectivity index (χ0n) is 9.36. The van der Waals surface area contributed by atoms with Crippen LogP contribution in [0.3, 0.4) is 0 Å². The molecule has 2 aliphatic rings. The van der Waals surface area contributed by atoms with Crippen LogP contribution in [0.1, 0.15) is 12.8 Å². The van der Waals surface area contributed by atoms with Gasteiger partial charge >= 0.3 is 0 Å².